The Kier molecular flexibility index (Phi) is 7.52. The van der Waals surface area contributed by atoms with E-state index in [0.29, 0.717) is 5.11 Å². The van der Waals surface area contributed by atoms with Crippen molar-refractivity contribution < 1.29 is 9.64 Å². The van der Waals surface area contributed by atoms with Crippen molar-refractivity contribution in [1.29, 1.82) is 0 Å². The lowest BCUT2D eigenvalue weighted by atomic mass is 10.1. The van der Waals surface area contributed by atoms with Crippen molar-refractivity contribution >= 4 is 34.8 Å². The van der Waals surface area contributed by atoms with Crippen LogP contribution in [-0.4, -0.2) is 44.5 Å². The zero-order chi connectivity index (χ0) is 19.1. The highest BCUT2D eigenvalue weighted by atomic mass is 32.2. The van der Waals surface area contributed by atoms with Crippen LogP contribution in [0.25, 0.3) is 0 Å². The fourth-order valence-electron chi connectivity index (χ4n) is 2.96. The molecule has 0 atom stereocenters. The number of thiocarbonyl (C=S) groups is 1. The molecule has 4 nitrogen and oxygen atoms in total. The van der Waals surface area contributed by atoms with E-state index in [4.69, 9.17) is 17.0 Å². The van der Waals surface area contributed by atoms with Crippen LogP contribution in [0, 0.1) is 13.8 Å². The summed E-state index contributed by atoms with van der Waals surface area (Å²) < 4.78 is 5.38. The second kappa shape index (κ2) is 10.1. The summed E-state index contributed by atoms with van der Waals surface area (Å²) in [6, 6.07) is 15.0. The first kappa shape index (κ1) is 20.1. The van der Waals surface area contributed by atoms with Crippen molar-refractivity contribution in [2.75, 3.05) is 44.7 Å². The zero-order valence-electron chi connectivity index (χ0n) is 16.0. The molecule has 1 aliphatic rings. The standard InChI is InChI=1S/C21H27N3OS2/c1-16-3-6-20(15-17(16)2)27-19-7-4-18(5-8-19)23-21(26)22-9-10-24-11-13-25-14-12-24/h3-8,15H,9-14H2,1-2H3,(H2,22,23,26)/p+1. The van der Waals surface area contributed by atoms with Crippen molar-refractivity contribution in [3.63, 3.8) is 0 Å². The molecule has 0 amide bonds. The van der Waals surface area contributed by atoms with Crippen LogP contribution in [0.15, 0.2) is 52.3 Å². The molecule has 6 heteroatoms. The Balaban J connectivity index is 1.43. The molecular weight excluding hydrogens is 374 g/mol. The van der Waals surface area contributed by atoms with Gasteiger partial charge in [0.2, 0.25) is 0 Å². The number of quaternary nitrogens is 1. The molecule has 2 aromatic rings. The number of benzene rings is 2. The molecule has 0 aliphatic carbocycles. The molecule has 1 saturated heterocycles. The number of hydrogen-bond acceptors (Lipinski definition) is 3. The van der Waals surface area contributed by atoms with Crippen LogP contribution in [0.5, 0.6) is 0 Å². The van der Waals surface area contributed by atoms with Crippen molar-refractivity contribution in [1.82, 2.24) is 5.32 Å². The molecule has 0 bridgehead atoms. The van der Waals surface area contributed by atoms with E-state index in [9.17, 15) is 0 Å². The van der Waals surface area contributed by atoms with E-state index in [-0.39, 0.29) is 0 Å². The zero-order valence-corrected chi connectivity index (χ0v) is 17.6. The Morgan fingerprint density at radius 3 is 2.44 bits per heavy atom. The van der Waals surface area contributed by atoms with Gasteiger partial charge in [0.05, 0.1) is 26.3 Å². The average molecular weight is 403 g/mol. The number of hydrogen-bond donors (Lipinski definition) is 3. The highest BCUT2D eigenvalue weighted by molar-refractivity contribution is 7.99. The summed E-state index contributed by atoms with van der Waals surface area (Å²) in [5.74, 6) is 0. The topological polar surface area (TPSA) is 37.7 Å². The third kappa shape index (κ3) is 6.50. The molecule has 3 rings (SSSR count). The van der Waals surface area contributed by atoms with Crippen LogP contribution < -0.4 is 15.5 Å². The first-order chi connectivity index (χ1) is 13.1. The van der Waals surface area contributed by atoms with Gasteiger partial charge in [0.25, 0.3) is 0 Å². The molecule has 0 radical (unpaired) electrons. The van der Waals surface area contributed by atoms with Crippen LogP contribution in [0.4, 0.5) is 5.69 Å². The molecule has 144 valence electrons. The van der Waals surface area contributed by atoms with Crippen LogP contribution in [0.3, 0.4) is 0 Å². The Bertz CT molecular complexity index is 759. The molecule has 0 aromatic heterocycles. The fourth-order valence-corrected chi connectivity index (χ4v) is 4.09. The average Bonchev–Trinajstić information content (AvgIpc) is 2.67. The minimum Gasteiger partial charge on any atom is -0.370 e. The van der Waals surface area contributed by atoms with Crippen LogP contribution >= 0.6 is 24.0 Å². The van der Waals surface area contributed by atoms with E-state index in [1.807, 2.05) is 0 Å². The van der Waals surface area contributed by atoms with E-state index < -0.39 is 0 Å². The third-order valence-electron chi connectivity index (χ3n) is 4.79. The van der Waals surface area contributed by atoms with Crippen molar-refractivity contribution in [2.45, 2.75) is 23.6 Å². The van der Waals surface area contributed by atoms with Gasteiger partial charge in [0.15, 0.2) is 5.11 Å². The van der Waals surface area contributed by atoms with E-state index in [1.54, 1.807) is 16.7 Å². The van der Waals surface area contributed by atoms with E-state index in [0.717, 1.165) is 45.1 Å². The quantitative estimate of drug-likeness (QED) is 0.648. The number of ether oxygens (including phenoxy) is 1. The van der Waals surface area contributed by atoms with Gasteiger partial charge in [-0.05, 0) is 73.6 Å². The van der Waals surface area contributed by atoms with Crippen molar-refractivity contribution in [3.8, 4) is 0 Å². The Morgan fingerprint density at radius 1 is 1.04 bits per heavy atom. The van der Waals surface area contributed by atoms with Crippen LogP contribution in [0.2, 0.25) is 0 Å². The van der Waals surface area contributed by atoms with Gasteiger partial charge in [-0.2, -0.15) is 0 Å². The number of morpholine rings is 1. The summed E-state index contributed by atoms with van der Waals surface area (Å²) in [5, 5.41) is 7.24. The first-order valence-electron chi connectivity index (χ1n) is 9.41. The molecule has 0 spiro atoms. The summed E-state index contributed by atoms with van der Waals surface area (Å²) in [6.45, 7) is 10.1. The minimum absolute atomic E-state index is 0.678. The largest absolute Gasteiger partial charge is 0.370 e. The van der Waals surface area contributed by atoms with E-state index in [2.05, 4.69) is 66.9 Å². The van der Waals surface area contributed by atoms with Crippen molar-refractivity contribution in [2.24, 2.45) is 0 Å². The lowest BCUT2D eigenvalue weighted by Gasteiger charge is -2.24. The van der Waals surface area contributed by atoms with Gasteiger partial charge in [-0.25, -0.2) is 0 Å². The lowest BCUT2D eigenvalue weighted by molar-refractivity contribution is -0.906. The molecule has 1 heterocycles. The van der Waals surface area contributed by atoms with Gasteiger partial charge in [-0.15, -0.1) is 0 Å². The maximum Gasteiger partial charge on any atom is 0.170 e. The summed E-state index contributed by atoms with van der Waals surface area (Å²) in [6.07, 6.45) is 0. The van der Waals surface area contributed by atoms with Crippen LogP contribution in [0.1, 0.15) is 11.1 Å². The summed E-state index contributed by atoms with van der Waals surface area (Å²) in [4.78, 5) is 4.06. The molecule has 1 fully saturated rings. The second-order valence-corrected chi connectivity index (χ2v) is 8.42. The minimum atomic E-state index is 0.678. The number of rotatable bonds is 6. The summed E-state index contributed by atoms with van der Waals surface area (Å²) >= 11 is 7.18. The summed E-state index contributed by atoms with van der Waals surface area (Å²) in [5.41, 5.74) is 3.67. The first-order valence-corrected chi connectivity index (χ1v) is 10.6. The maximum atomic E-state index is 5.41. The Morgan fingerprint density at radius 2 is 1.74 bits per heavy atom. The SMILES string of the molecule is Cc1ccc(Sc2ccc(NC(=S)NCC[NH+]3CCOCC3)cc2)cc1C. The molecule has 1 aliphatic heterocycles. The predicted molar refractivity (Wildman–Crippen MR) is 117 cm³/mol. The Labute approximate surface area is 171 Å². The van der Waals surface area contributed by atoms with Gasteiger partial charge in [0.1, 0.15) is 13.1 Å². The van der Waals surface area contributed by atoms with Crippen molar-refractivity contribution in [3.05, 3.63) is 53.6 Å². The van der Waals surface area contributed by atoms with Crippen LogP contribution in [-0.2, 0) is 4.74 Å². The monoisotopic (exact) mass is 402 g/mol. The van der Waals surface area contributed by atoms with E-state index in [1.165, 1.54) is 20.9 Å². The lowest BCUT2D eigenvalue weighted by Crippen LogP contribution is -3.14. The van der Waals surface area contributed by atoms with E-state index >= 15 is 0 Å². The fraction of sp³-hybridized carbons (Fsp3) is 0.381. The van der Waals surface area contributed by atoms with Gasteiger partial charge < -0.3 is 20.3 Å². The summed E-state index contributed by atoms with van der Waals surface area (Å²) in [7, 11) is 0. The number of nitrogens with one attached hydrogen (secondary N) is 3. The number of anilines is 1. The molecular formula is C21H28N3OS2+. The molecule has 3 N–H and O–H groups in total. The maximum absolute atomic E-state index is 5.41. The molecule has 0 saturated carbocycles. The highest BCUT2D eigenvalue weighted by Crippen LogP contribution is 2.29. The highest BCUT2D eigenvalue weighted by Gasteiger charge is 2.12. The predicted octanol–water partition coefficient (Wildman–Crippen LogP) is 2.66. The molecule has 0 unspecified atom stereocenters. The van der Waals surface area contributed by atoms with Gasteiger partial charge in [-0.1, -0.05) is 17.8 Å². The van der Waals surface area contributed by atoms with Gasteiger partial charge in [0, 0.05) is 15.5 Å². The third-order valence-corrected chi connectivity index (χ3v) is 6.03. The smallest absolute Gasteiger partial charge is 0.170 e. The number of aryl methyl sites for hydroxylation is 2. The Hall–Kier alpha value is -1.60. The normalized spacial score (nSPS) is 14.7. The second-order valence-electron chi connectivity index (χ2n) is 6.87. The molecule has 2 aromatic carbocycles. The van der Waals surface area contributed by atoms with Gasteiger partial charge in [-0.3, -0.25) is 0 Å². The molecule has 27 heavy (non-hydrogen) atoms. The van der Waals surface area contributed by atoms with Gasteiger partial charge >= 0.3 is 0 Å².